The molecule has 11 N–H and O–H groups in total. The molecule has 0 radical (unpaired) electrons. The number of rotatable bonds is 10. The van der Waals surface area contributed by atoms with Crippen molar-refractivity contribution in [3.63, 3.8) is 0 Å². The lowest BCUT2D eigenvalue weighted by atomic mass is 10.2. The molecule has 0 amide bonds. The van der Waals surface area contributed by atoms with E-state index in [9.17, 15) is 27.9 Å². The second kappa shape index (κ2) is 9.19. The molecule has 0 spiro atoms. The van der Waals surface area contributed by atoms with Crippen molar-refractivity contribution in [2.45, 2.75) is 0 Å². The van der Waals surface area contributed by atoms with Crippen LogP contribution in [0.15, 0.2) is 0 Å². The van der Waals surface area contributed by atoms with Gasteiger partial charge in [-0.25, -0.2) is 22.8 Å². The highest BCUT2D eigenvalue weighted by Crippen LogP contribution is 2.67. The Hall–Kier alpha value is -1.23. The van der Waals surface area contributed by atoms with Crippen LogP contribution in [0.4, 0.5) is 0 Å². The molecular formula is C6H11O21P5. The molecule has 0 aliphatic heterocycles. The average Bonchev–Trinajstić information content (AvgIpc) is 2.45. The minimum absolute atomic E-state index is 2.04. The summed E-state index contributed by atoms with van der Waals surface area (Å²) >= 11 is 0. The molecule has 21 nitrogen and oxygen atoms in total. The maximum atomic E-state index is 11.2. The van der Waals surface area contributed by atoms with Crippen LogP contribution in [0, 0.1) is 0 Å². The Labute approximate surface area is 173 Å². The third kappa shape index (κ3) is 9.72. The molecule has 0 aromatic heterocycles. The highest BCUT2D eigenvalue weighted by atomic mass is 31.2. The maximum absolute atomic E-state index is 11.2. The van der Waals surface area contributed by atoms with Crippen molar-refractivity contribution in [1.82, 2.24) is 0 Å². The molecule has 186 valence electrons. The molecule has 0 fully saturated rings. The normalized spacial score (nSPS) is 13.4. The van der Waals surface area contributed by atoms with Gasteiger partial charge in [-0.3, -0.25) is 48.9 Å². The zero-order valence-electron chi connectivity index (χ0n) is 14.2. The predicted molar refractivity (Wildman–Crippen MR) is 91.5 cm³/mol. The monoisotopic (exact) mass is 574 g/mol. The molecule has 0 saturated heterocycles. The van der Waals surface area contributed by atoms with E-state index in [2.05, 4.69) is 22.6 Å². The van der Waals surface area contributed by atoms with E-state index in [1.54, 1.807) is 0 Å². The summed E-state index contributed by atoms with van der Waals surface area (Å²) in [5.74, 6) is -12.4. The molecular weight excluding hydrogens is 563 g/mol. The lowest BCUT2D eigenvalue weighted by molar-refractivity contribution is 0.234. The molecule has 0 atom stereocenters. The van der Waals surface area contributed by atoms with Crippen LogP contribution in [0.1, 0.15) is 0 Å². The van der Waals surface area contributed by atoms with Gasteiger partial charge in [0.1, 0.15) is 0 Å². The van der Waals surface area contributed by atoms with Gasteiger partial charge in [-0.2, -0.15) is 0 Å². The topological polar surface area (TPSA) is 354 Å². The third-order valence-electron chi connectivity index (χ3n) is 2.31. The van der Waals surface area contributed by atoms with Gasteiger partial charge in [-0.15, -0.1) is 0 Å². The van der Waals surface area contributed by atoms with Gasteiger partial charge in [0.15, 0.2) is 0 Å². The van der Waals surface area contributed by atoms with Gasteiger partial charge in [-0.1, -0.05) is 0 Å². The third-order valence-corrected chi connectivity index (χ3v) is 4.41. The standard InChI is InChI=1S/C6H11O21P5/c7-1-2(23-28(8,9)10)4(25-30(14,15)16)6(27-32(20,21)22)5(26-31(17,18)19)3(1)24-29(11,12)13/h7H,(H2,8,9,10)(H2,11,12,13)(H2,14,15,16)(H2,17,18,19)(H2,20,21,22). The minimum Gasteiger partial charge on any atom is -0.501 e. The predicted octanol–water partition coefficient (Wildman–Crippen LogP) is -1.25. The minimum atomic E-state index is -5.98. The van der Waals surface area contributed by atoms with E-state index in [-0.39, 0.29) is 0 Å². The van der Waals surface area contributed by atoms with Crippen molar-refractivity contribution < 1.29 is 99.5 Å². The Morgan fingerprint density at radius 1 is 0.375 bits per heavy atom. The van der Waals surface area contributed by atoms with Gasteiger partial charge < -0.3 is 27.7 Å². The zero-order chi connectivity index (χ0) is 25.5. The summed E-state index contributed by atoms with van der Waals surface area (Å²) < 4.78 is 75.2. The molecule has 32 heavy (non-hydrogen) atoms. The van der Waals surface area contributed by atoms with Crippen molar-refractivity contribution in [3.05, 3.63) is 0 Å². The number of aromatic hydroxyl groups is 1. The van der Waals surface area contributed by atoms with Crippen LogP contribution in [0.3, 0.4) is 0 Å². The summed E-state index contributed by atoms with van der Waals surface area (Å²) in [5.41, 5.74) is 0. The molecule has 0 aliphatic carbocycles. The molecule has 26 heteroatoms. The first kappa shape index (κ1) is 28.8. The van der Waals surface area contributed by atoms with Gasteiger partial charge in [0.05, 0.1) is 0 Å². The van der Waals surface area contributed by atoms with Gasteiger partial charge in [0.2, 0.25) is 34.5 Å². The van der Waals surface area contributed by atoms with Crippen molar-refractivity contribution in [2.75, 3.05) is 0 Å². The number of phenolic OH excluding ortho intramolecular Hbond substituents is 1. The Kier molecular flexibility index (Phi) is 8.28. The van der Waals surface area contributed by atoms with E-state index >= 15 is 0 Å². The van der Waals surface area contributed by atoms with E-state index in [0.717, 1.165) is 0 Å². The number of phenols is 1. The van der Waals surface area contributed by atoms with Gasteiger partial charge in [0.25, 0.3) is 0 Å². The Morgan fingerprint density at radius 3 is 0.719 bits per heavy atom. The summed E-state index contributed by atoms with van der Waals surface area (Å²) in [4.78, 5) is 89.3. The summed E-state index contributed by atoms with van der Waals surface area (Å²) in [6, 6.07) is 0. The average molecular weight is 574 g/mol. The summed E-state index contributed by atoms with van der Waals surface area (Å²) in [7, 11) is -29.6. The van der Waals surface area contributed by atoms with Crippen LogP contribution in [0.2, 0.25) is 0 Å². The fourth-order valence-corrected chi connectivity index (χ4v) is 3.67. The van der Waals surface area contributed by atoms with Crippen LogP contribution in [-0.2, 0) is 22.8 Å². The number of hydrogen-bond donors (Lipinski definition) is 11. The molecule has 0 unspecified atom stereocenters. The van der Waals surface area contributed by atoms with Gasteiger partial charge >= 0.3 is 39.1 Å². The molecule has 0 heterocycles. The first-order valence-electron chi connectivity index (χ1n) is 6.57. The largest absolute Gasteiger partial charge is 0.525 e. The van der Waals surface area contributed by atoms with E-state index < -0.39 is 73.6 Å². The van der Waals surface area contributed by atoms with Gasteiger partial charge in [0, 0.05) is 0 Å². The van der Waals surface area contributed by atoms with E-state index in [1.807, 2.05) is 0 Å². The lowest BCUT2D eigenvalue weighted by Gasteiger charge is -2.23. The Balaban J connectivity index is 4.29. The smallest absolute Gasteiger partial charge is 0.501 e. The lowest BCUT2D eigenvalue weighted by Crippen LogP contribution is -2.05. The van der Waals surface area contributed by atoms with Crippen LogP contribution in [-0.4, -0.2) is 54.0 Å². The van der Waals surface area contributed by atoms with Crippen LogP contribution in [0.5, 0.6) is 34.5 Å². The van der Waals surface area contributed by atoms with Crippen LogP contribution in [0.25, 0.3) is 0 Å². The SMILES string of the molecule is O=P(O)(O)Oc1c(O)c(OP(=O)(O)O)c(OP(=O)(O)O)c(OP(=O)(O)O)c1OP(=O)(O)O. The highest BCUT2D eigenvalue weighted by molar-refractivity contribution is 7.48. The second-order valence-electron chi connectivity index (χ2n) is 4.90. The highest BCUT2D eigenvalue weighted by Gasteiger charge is 2.42. The second-order valence-corrected chi connectivity index (χ2v) is 10.7. The van der Waals surface area contributed by atoms with Crippen molar-refractivity contribution in [2.24, 2.45) is 0 Å². The van der Waals surface area contributed by atoms with E-state index in [4.69, 9.17) is 48.9 Å². The fraction of sp³-hybridized carbons (Fsp3) is 0. The van der Waals surface area contributed by atoms with Crippen molar-refractivity contribution >= 4 is 39.1 Å². The van der Waals surface area contributed by atoms with Crippen LogP contribution >= 0.6 is 39.1 Å². The number of phosphoric acid groups is 5. The Bertz CT molecular complexity index is 1030. The number of phosphoric ester groups is 5. The maximum Gasteiger partial charge on any atom is 0.525 e. The first-order chi connectivity index (χ1) is 13.9. The quantitative estimate of drug-likeness (QED) is 0.145. The zero-order valence-corrected chi connectivity index (χ0v) is 18.7. The molecule has 1 aromatic carbocycles. The van der Waals surface area contributed by atoms with Crippen LogP contribution < -0.4 is 22.6 Å². The summed E-state index contributed by atoms with van der Waals surface area (Å²) in [5, 5.41) is 10.0. The molecule has 1 aromatic rings. The fourth-order valence-electron chi connectivity index (χ4n) is 1.64. The Morgan fingerprint density at radius 2 is 0.531 bits per heavy atom. The molecule has 0 aliphatic rings. The number of hydrogen-bond acceptors (Lipinski definition) is 11. The first-order valence-corrected chi connectivity index (χ1v) is 14.2. The number of benzene rings is 1. The van der Waals surface area contributed by atoms with Crippen molar-refractivity contribution in [1.29, 1.82) is 0 Å². The molecule has 1 rings (SSSR count). The summed E-state index contributed by atoms with van der Waals surface area (Å²) in [6.07, 6.45) is 0. The van der Waals surface area contributed by atoms with Crippen molar-refractivity contribution in [3.8, 4) is 34.5 Å². The molecule has 0 bridgehead atoms. The van der Waals surface area contributed by atoms with E-state index in [0.29, 0.717) is 0 Å². The van der Waals surface area contributed by atoms with E-state index in [1.165, 1.54) is 0 Å². The van der Waals surface area contributed by atoms with Gasteiger partial charge in [-0.05, 0) is 0 Å². The summed E-state index contributed by atoms with van der Waals surface area (Å²) in [6.45, 7) is 0. The molecule has 0 saturated carbocycles.